The quantitative estimate of drug-likeness (QED) is 0.679. The molecule has 0 aliphatic carbocycles. The Hall–Kier alpha value is -2.69. The zero-order valence-electron chi connectivity index (χ0n) is 9.43. The van der Waals surface area contributed by atoms with Gasteiger partial charge in [-0.1, -0.05) is 0 Å². The Morgan fingerprint density at radius 3 is 1.94 bits per heavy atom. The smallest absolute Gasteiger partial charge is 0.107 e. The monoisotopic (exact) mass is 235 g/mol. The minimum Gasteiger partial charge on any atom is -0.261 e. The second-order valence-electron chi connectivity index (χ2n) is 3.61. The van der Waals surface area contributed by atoms with Crippen LogP contribution in [0.3, 0.4) is 0 Å². The molecule has 0 bridgehead atoms. The van der Waals surface area contributed by atoms with E-state index in [4.69, 9.17) is 0 Å². The molecule has 3 aromatic heterocycles. The molecule has 0 aromatic carbocycles. The van der Waals surface area contributed by atoms with Gasteiger partial charge in [0.2, 0.25) is 0 Å². The number of rotatable bonds is 2. The molecular weight excluding hydrogens is 226 g/mol. The molecule has 5 nitrogen and oxygen atoms in total. The summed E-state index contributed by atoms with van der Waals surface area (Å²) in [7, 11) is 0. The van der Waals surface area contributed by atoms with Gasteiger partial charge in [-0.25, -0.2) is 0 Å². The van der Waals surface area contributed by atoms with Crippen molar-refractivity contribution in [3.63, 3.8) is 0 Å². The van der Waals surface area contributed by atoms with Crippen molar-refractivity contribution in [1.29, 1.82) is 0 Å². The Morgan fingerprint density at radius 1 is 0.611 bits per heavy atom. The fourth-order valence-corrected chi connectivity index (χ4v) is 1.61. The van der Waals surface area contributed by atoms with E-state index in [2.05, 4.69) is 24.9 Å². The van der Waals surface area contributed by atoms with Crippen molar-refractivity contribution >= 4 is 0 Å². The standard InChI is InChI=1S/C13H9N5/c1-2-16-11(13-9-15-4-6-18-13)7-10(1)12-8-14-3-5-17-12/h1-9H. The van der Waals surface area contributed by atoms with Crippen molar-refractivity contribution in [2.45, 2.75) is 0 Å². The van der Waals surface area contributed by atoms with Gasteiger partial charge in [0.25, 0.3) is 0 Å². The van der Waals surface area contributed by atoms with Crippen LogP contribution >= 0.6 is 0 Å². The summed E-state index contributed by atoms with van der Waals surface area (Å²) in [5.74, 6) is 0. The first kappa shape index (κ1) is 10.5. The van der Waals surface area contributed by atoms with Crippen LogP contribution in [0.15, 0.2) is 55.5 Å². The Kier molecular flexibility index (Phi) is 2.71. The van der Waals surface area contributed by atoms with Crippen LogP contribution in [0.4, 0.5) is 0 Å². The average Bonchev–Trinajstić information content (AvgIpc) is 2.49. The van der Waals surface area contributed by atoms with Crippen molar-refractivity contribution in [1.82, 2.24) is 24.9 Å². The molecule has 5 heteroatoms. The minimum atomic E-state index is 0.739. The molecule has 0 spiro atoms. The Bertz CT molecular complexity index is 585. The third-order valence-corrected chi connectivity index (χ3v) is 2.44. The first-order valence-electron chi connectivity index (χ1n) is 5.42. The van der Waals surface area contributed by atoms with Gasteiger partial charge in [-0.15, -0.1) is 0 Å². The molecule has 0 unspecified atom stereocenters. The molecule has 3 aromatic rings. The van der Waals surface area contributed by atoms with Gasteiger partial charge in [-0.3, -0.25) is 24.9 Å². The maximum absolute atomic E-state index is 4.28. The summed E-state index contributed by atoms with van der Waals surface area (Å²) in [5, 5.41) is 0. The lowest BCUT2D eigenvalue weighted by Gasteiger charge is -2.02. The van der Waals surface area contributed by atoms with E-state index in [9.17, 15) is 0 Å². The highest BCUT2D eigenvalue weighted by Gasteiger charge is 2.04. The topological polar surface area (TPSA) is 64.5 Å². The van der Waals surface area contributed by atoms with Crippen LogP contribution in [0.1, 0.15) is 0 Å². The van der Waals surface area contributed by atoms with Crippen molar-refractivity contribution < 1.29 is 0 Å². The summed E-state index contributed by atoms with van der Waals surface area (Å²) in [5.41, 5.74) is 3.28. The van der Waals surface area contributed by atoms with Crippen LogP contribution in [-0.4, -0.2) is 24.9 Å². The third kappa shape index (κ3) is 2.06. The van der Waals surface area contributed by atoms with Gasteiger partial charge >= 0.3 is 0 Å². The van der Waals surface area contributed by atoms with Gasteiger partial charge < -0.3 is 0 Å². The normalized spacial score (nSPS) is 10.2. The van der Waals surface area contributed by atoms with Crippen molar-refractivity contribution in [3.05, 3.63) is 55.5 Å². The predicted octanol–water partition coefficient (Wildman–Crippen LogP) is 2.00. The highest BCUT2D eigenvalue weighted by atomic mass is 14.8. The van der Waals surface area contributed by atoms with Crippen LogP contribution in [0.5, 0.6) is 0 Å². The second kappa shape index (κ2) is 4.67. The number of hydrogen-bond donors (Lipinski definition) is 0. The van der Waals surface area contributed by atoms with E-state index >= 15 is 0 Å². The zero-order chi connectivity index (χ0) is 12.2. The van der Waals surface area contributed by atoms with Gasteiger partial charge in [-0.2, -0.15) is 0 Å². The Balaban J connectivity index is 2.05. The molecular formula is C13H9N5. The number of nitrogens with zero attached hydrogens (tertiary/aromatic N) is 5. The molecule has 18 heavy (non-hydrogen) atoms. The van der Waals surface area contributed by atoms with Gasteiger partial charge in [0.1, 0.15) is 5.69 Å². The molecule has 0 aliphatic rings. The fraction of sp³-hybridized carbons (Fsp3) is 0. The average molecular weight is 235 g/mol. The lowest BCUT2D eigenvalue weighted by atomic mass is 10.1. The highest BCUT2D eigenvalue weighted by Crippen LogP contribution is 2.20. The molecule has 0 fully saturated rings. The largest absolute Gasteiger partial charge is 0.261 e. The molecule has 0 radical (unpaired) electrons. The summed E-state index contributed by atoms with van der Waals surface area (Å²) in [6, 6.07) is 3.82. The van der Waals surface area contributed by atoms with E-state index < -0.39 is 0 Å². The van der Waals surface area contributed by atoms with Gasteiger partial charge in [0.15, 0.2) is 0 Å². The predicted molar refractivity (Wildman–Crippen MR) is 66.3 cm³/mol. The molecule has 0 saturated heterocycles. The Labute approximate surface area is 104 Å². The van der Waals surface area contributed by atoms with E-state index in [0.29, 0.717) is 0 Å². The first-order chi connectivity index (χ1) is 8.93. The van der Waals surface area contributed by atoms with Crippen LogP contribution < -0.4 is 0 Å². The lowest BCUT2D eigenvalue weighted by molar-refractivity contribution is 1.17. The first-order valence-corrected chi connectivity index (χ1v) is 5.42. The zero-order valence-corrected chi connectivity index (χ0v) is 9.43. The molecule has 3 heterocycles. The van der Waals surface area contributed by atoms with E-state index in [0.717, 1.165) is 22.6 Å². The summed E-state index contributed by atoms with van der Waals surface area (Å²) in [6.07, 6.45) is 11.7. The van der Waals surface area contributed by atoms with E-state index in [1.54, 1.807) is 43.4 Å². The van der Waals surface area contributed by atoms with Crippen molar-refractivity contribution in [2.24, 2.45) is 0 Å². The number of pyridine rings is 1. The molecule has 3 rings (SSSR count). The summed E-state index contributed by atoms with van der Waals surface area (Å²) < 4.78 is 0. The van der Waals surface area contributed by atoms with Crippen molar-refractivity contribution in [3.8, 4) is 22.6 Å². The van der Waals surface area contributed by atoms with Gasteiger partial charge in [-0.05, 0) is 12.1 Å². The molecule has 0 atom stereocenters. The summed E-state index contributed by atoms with van der Waals surface area (Å²) >= 11 is 0. The summed E-state index contributed by atoms with van der Waals surface area (Å²) in [4.78, 5) is 20.9. The van der Waals surface area contributed by atoms with Gasteiger partial charge in [0, 0.05) is 36.5 Å². The van der Waals surface area contributed by atoms with E-state index in [-0.39, 0.29) is 0 Å². The molecule has 0 saturated carbocycles. The fourth-order valence-electron chi connectivity index (χ4n) is 1.61. The number of hydrogen-bond acceptors (Lipinski definition) is 5. The van der Waals surface area contributed by atoms with Gasteiger partial charge in [0.05, 0.1) is 23.8 Å². The molecule has 0 aliphatic heterocycles. The van der Waals surface area contributed by atoms with Crippen LogP contribution in [0.25, 0.3) is 22.6 Å². The molecule has 0 N–H and O–H groups in total. The highest BCUT2D eigenvalue weighted by molar-refractivity contribution is 5.65. The SMILES string of the molecule is c1cnc(-c2ccnc(-c3cnccn3)c2)cn1. The van der Waals surface area contributed by atoms with E-state index in [1.165, 1.54) is 0 Å². The van der Waals surface area contributed by atoms with Crippen molar-refractivity contribution in [2.75, 3.05) is 0 Å². The van der Waals surface area contributed by atoms with E-state index in [1.807, 2.05) is 12.1 Å². The lowest BCUT2D eigenvalue weighted by Crippen LogP contribution is -1.90. The second-order valence-corrected chi connectivity index (χ2v) is 3.61. The molecule has 86 valence electrons. The third-order valence-electron chi connectivity index (χ3n) is 2.44. The Morgan fingerprint density at radius 2 is 1.28 bits per heavy atom. The van der Waals surface area contributed by atoms with Crippen LogP contribution in [0.2, 0.25) is 0 Å². The number of aromatic nitrogens is 5. The minimum absolute atomic E-state index is 0.739. The van der Waals surface area contributed by atoms with Crippen LogP contribution in [-0.2, 0) is 0 Å². The van der Waals surface area contributed by atoms with Crippen LogP contribution in [0, 0.1) is 0 Å². The maximum atomic E-state index is 4.28. The molecule has 0 amide bonds. The summed E-state index contributed by atoms with van der Waals surface area (Å²) in [6.45, 7) is 0. The maximum Gasteiger partial charge on any atom is 0.107 e.